The molecule has 0 aromatic heterocycles. The fraction of sp³-hybridized carbons (Fsp3) is 0.571. The number of ether oxygens (including phenoxy) is 2. The summed E-state index contributed by atoms with van der Waals surface area (Å²) in [7, 11) is 0. The predicted octanol–water partition coefficient (Wildman–Crippen LogP) is -0.703. The minimum absolute atomic E-state index is 0.452. The molecule has 0 bridgehead atoms. The minimum Gasteiger partial charge on any atom is -0.494 e. The van der Waals surface area contributed by atoms with Gasteiger partial charge in [-0.25, -0.2) is 0 Å². The van der Waals surface area contributed by atoms with Crippen molar-refractivity contribution >= 4 is 5.69 Å². The Morgan fingerprint density at radius 3 is 2.33 bits per heavy atom. The second kappa shape index (κ2) is 7.06. The molecule has 0 amide bonds. The molecule has 118 valence electrons. The highest BCUT2D eigenvalue weighted by Crippen LogP contribution is 2.24. The number of hydrogen-bond acceptors (Lipinski definition) is 7. The van der Waals surface area contributed by atoms with E-state index < -0.39 is 37.3 Å². The van der Waals surface area contributed by atoms with E-state index in [4.69, 9.17) is 14.6 Å². The first-order valence-electron chi connectivity index (χ1n) is 6.86. The second-order valence-electron chi connectivity index (χ2n) is 4.85. The number of nitrogens with one attached hydrogen (secondary N) is 1. The quantitative estimate of drug-likeness (QED) is 0.489. The third-order valence-corrected chi connectivity index (χ3v) is 3.37. The van der Waals surface area contributed by atoms with Crippen LogP contribution in [-0.4, -0.2) is 64.3 Å². The standard InChI is InChI=1S/C14H21NO6/c1-2-20-9-5-3-8(4-6-9)15-14-13(19)12(18)11(17)10(7-16)21-14/h3-6,10-19H,2,7H2,1H3/t10-,11+,12-,13-,14-/m1/s1. The number of anilines is 1. The second-order valence-corrected chi connectivity index (χ2v) is 4.85. The van der Waals surface area contributed by atoms with E-state index in [9.17, 15) is 15.3 Å². The summed E-state index contributed by atoms with van der Waals surface area (Å²) in [5.74, 6) is 0.719. The van der Waals surface area contributed by atoms with Gasteiger partial charge < -0.3 is 35.2 Å². The summed E-state index contributed by atoms with van der Waals surface area (Å²) in [5.41, 5.74) is 0.655. The van der Waals surface area contributed by atoms with E-state index in [1.54, 1.807) is 24.3 Å². The molecule has 7 nitrogen and oxygen atoms in total. The van der Waals surface area contributed by atoms with Gasteiger partial charge in [0.05, 0.1) is 13.2 Å². The topological polar surface area (TPSA) is 111 Å². The van der Waals surface area contributed by atoms with Crippen molar-refractivity contribution in [1.82, 2.24) is 0 Å². The Bertz CT molecular complexity index is 438. The molecule has 7 heteroatoms. The van der Waals surface area contributed by atoms with E-state index >= 15 is 0 Å². The van der Waals surface area contributed by atoms with Gasteiger partial charge in [0.1, 0.15) is 30.2 Å². The molecular formula is C14H21NO6. The highest BCUT2D eigenvalue weighted by Gasteiger charge is 2.43. The molecule has 1 aromatic carbocycles. The van der Waals surface area contributed by atoms with Crippen LogP contribution in [0.2, 0.25) is 0 Å². The SMILES string of the molecule is CCOc1ccc(N[C@@H]2O[C@H](CO)[C@H](O)[C@@H](O)[C@H]2O)cc1. The molecule has 0 radical (unpaired) electrons. The van der Waals surface area contributed by atoms with Crippen molar-refractivity contribution in [2.75, 3.05) is 18.5 Å². The monoisotopic (exact) mass is 299 g/mol. The third-order valence-electron chi connectivity index (χ3n) is 3.37. The molecule has 5 atom stereocenters. The number of aliphatic hydroxyl groups is 4. The van der Waals surface area contributed by atoms with Gasteiger partial charge in [-0.05, 0) is 31.2 Å². The number of rotatable bonds is 5. The molecular weight excluding hydrogens is 278 g/mol. The van der Waals surface area contributed by atoms with Crippen LogP contribution in [0.5, 0.6) is 5.75 Å². The van der Waals surface area contributed by atoms with Gasteiger partial charge in [0.15, 0.2) is 6.23 Å². The molecule has 1 heterocycles. The van der Waals surface area contributed by atoms with Crippen molar-refractivity contribution < 1.29 is 29.9 Å². The van der Waals surface area contributed by atoms with Crippen LogP contribution >= 0.6 is 0 Å². The van der Waals surface area contributed by atoms with Gasteiger partial charge in [0, 0.05) is 5.69 Å². The molecule has 1 fully saturated rings. The average molecular weight is 299 g/mol. The van der Waals surface area contributed by atoms with Gasteiger partial charge >= 0.3 is 0 Å². The summed E-state index contributed by atoms with van der Waals surface area (Å²) in [6.45, 7) is 2.01. The summed E-state index contributed by atoms with van der Waals surface area (Å²) in [4.78, 5) is 0. The Balaban J connectivity index is 2.03. The number of hydrogen-bond donors (Lipinski definition) is 5. The van der Waals surface area contributed by atoms with Gasteiger partial charge in [-0.15, -0.1) is 0 Å². The van der Waals surface area contributed by atoms with Crippen molar-refractivity contribution in [2.24, 2.45) is 0 Å². The van der Waals surface area contributed by atoms with Crippen molar-refractivity contribution in [3.05, 3.63) is 24.3 Å². The molecule has 1 aliphatic rings. The zero-order chi connectivity index (χ0) is 15.4. The highest BCUT2D eigenvalue weighted by atomic mass is 16.6. The molecule has 5 N–H and O–H groups in total. The molecule has 1 aromatic rings. The normalized spacial score (nSPS) is 32.7. The van der Waals surface area contributed by atoms with Crippen molar-refractivity contribution in [3.8, 4) is 5.75 Å². The molecule has 0 spiro atoms. The summed E-state index contributed by atoms with van der Waals surface area (Å²) in [6.07, 6.45) is -5.92. The first-order chi connectivity index (χ1) is 10.1. The van der Waals surface area contributed by atoms with Gasteiger partial charge in [0.2, 0.25) is 0 Å². The van der Waals surface area contributed by atoms with Crippen LogP contribution in [-0.2, 0) is 4.74 Å². The molecule has 1 saturated heterocycles. The Morgan fingerprint density at radius 2 is 1.76 bits per heavy atom. The van der Waals surface area contributed by atoms with Crippen LogP contribution in [0.4, 0.5) is 5.69 Å². The summed E-state index contributed by atoms with van der Waals surface area (Å²) >= 11 is 0. The van der Waals surface area contributed by atoms with Gasteiger partial charge in [-0.3, -0.25) is 0 Å². The zero-order valence-electron chi connectivity index (χ0n) is 11.7. The van der Waals surface area contributed by atoms with E-state index in [0.717, 1.165) is 5.75 Å². The van der Waals surface area contributed by atoms with E-state index in [-0.39, 0.29) is 0 Å². The third kappa shape index (κ3) is 3.63. The van der Waals surface area contributed by atoms with Crippen LogP contribution in [0.1, 0.15) is 6.92 Å². The minimum atomic E-state index is -1.39. The lowest BCUT2D eigenvalue weighted by atomic mass is 9.98. The average Bonchev–Trinajstić information content (AvgIpc) is 2.50. The fourth-order valence-electron chi connectivity index (χ4n) is 2.20. The highest BCUT2D eigenvalue weighted by molar-refractivity contribution is 5.47. The van der Waals surface area contributed by atoms with Crippen LogP contribution in [0.25, 0.3) is 0 Å². The maximum atomic E-state index is 9.92. The Hall–Kier alpha value is -1.38. The maximum absolute atomic E-state index is 9.92. The first-order valence-corrected chi connectivity index (χ1v) is 6.86. The van der Waals surface area contributed by atoms with Gasteiger partial charge in [0.25, 0.3) is 0 Å². The first kappa shape index (κ1) is 16.0. The number of aliphatic hydroxyl groups excluding tert-OH is 4. The van der Waals surface area contributed by atoms with Crippen LogP contribution < -0.4 is 10.1 Å². The van der Waals surface area contributed by atoms with Crippen molar-refractivity contribution in [1.29, 1.82) is 0 Å². The molecule has 0 aliphatic carbocycles. The number of benzene rings is 1. The van der Waals surface area contributed by atoms with E-state index in [0.29, 0.717) is 12.3 Å². The van der Waals surface area contributed by atoms with Gasteiger partial charge in [-0.2, -0.15) is 0 Å². The van der Waals surface area contributed by atoms with Gasteiger partial charge in [-0.1, -0.05) is 0 Å². The molecule has 2 rings (SSSR count). The molecule has 0 saturated carbocycles. The Labute approximate surface area is 122 Å². The van der Waals surface area contributed by atoms with E-state index in [1.165, 1.54) is 0 Å². The summed E-state index contributed by atoms with van der Waals surface area (Å²) in [5, 5.41) is 41.4. The van der Waals surface area contributed by atoms with E-state index in [1.807, 2.05) is 6.92 Å². The Morgan fingerprint density at radius 1 is 1.10 bits per heavy atom. The molecule has 21 heavy (non-hydrogen) atoms. The van der Waals surface area contributed by atoms with Crippen LogP contribution in [0, 0.1) is 0 Å². The van der Waals surface area contributed by atoms with Crippen molar-refractivity contribution in [3.63, 3.8) is 0 Å². The fourth-order valence-corrected chi connectivity index (χ4v) is 2.20. The van der Waals surface area contributed by atoms with E-state index in [2.05, 4.69) is 5.32 Å². The Kier molecular flexibility index (Phi) is 5.38. The van der Waals surface area contributed by atoms with Crippen molar-refractivity contribution in [2.45, 2.75) is 37.6 Å². The van der Waals surface area contributed by atoms with Crippen LogP contribution in [0.15, 0.2) is 24.3 Å². The maximum Gasteiger partial charge on any atom is 0.157 e. The molecule has 0 unspecified atom stereocenters. The predicted molar refractivity (Wildman–Crippen MR) is 75.0 cm³/mol. The van der Waals surface area contributed by atoms with Crippen LogP contribution in [0.3, 0.4) is 0 Å². The lowest BCUT2D eigenvalue weighted by Crippen LogP contribution is -2.60. The largest absolute Gasteiger partial charge is 0.494 e. The lowest BCUT2D eigenvalue weighted by molar-refractivity contribution is -0.221. The lowest BCUT2D eigenvalue weighted by Gasteiger charge is -2.40. The zero-order valence-corrected chi connectivity index (χ0v) is 11.7. The summed E-state index contributed by atoms with van der Waals surface area (Å²) in [6, 6.07) is 7.00. The molecule has 1 aliphatic heterocycles. The smallest absolute Gasteiger partial charge is 0.157 e. The summed E-state index contributed by atoms with van der Waals surface area (Å²) < 4.78 is 10.7.